The first-order chi connectivity index (χ1) is 17.1. The quantitative estimate of drug-likeness (QED) is 0.391. The SMILES string of the molecule is COc1ccc(C(=O)NCCc2ccc(S(=O)(=O)C(=O)Nc3ccc(C(=O)O)nc3)cc2)cc1OC. The van der Waals surface area contributed by atoms with Crippen LogP contribution in [0.1, 0.15) is 26.4 Å². The van der Waals surface area contributed by atoms with Gasteiger partial charge in [0.2, 0.25) is 0 Å². The van der Waals surface area contributed by atoms with Crippen LogP contribution in [0.25, 0.3) is 0 Å². The zero-order valence-electron chi connectivity index (χ0n) is 19.3. The smallest absolute Gasteiger partial charge is 0.354 e. The lowest BCUT2D eigenvalue weighted by Gasteiger charge is -2.10. The first-order valence-corrected chi connectivity index (χ1v) is 12.0. The number of carbonyl (C=O) groups excluding carboxylic acids is 2. The second kappa shape index (κ2) is 11.3. The summed E-state index contributed by atoms with van der Waals surface area (Å²) in [5.74, 6) is -0.621. The molecule has 11 nitrogen and oxygen atoms in total. The molecule has 0 aliphatic heterocycles. The number of anilines is 1. The van der Waals surface area contributed by atoms with Crippen LogP contribution in [0.4, 0.5) is 10.5 Å². The van der Waals surface area contributed by atoms with Crippen molar-refractivity contribution in [1.29, 1.82) is 0 Å². The van der Waals surface area contributed by atoms with Crippen molar-refractivity contribution in [2.75, 3.05) is 26.1 Å². The first kappa shape index (κ1) is 26.2. The van der Waals surface area contributed by atoms with E-state index in [2.05, 4.69) is 15.6 Å². The van der Waals surface area contributed by atoms with Crippen LogP contribution >= 0.6 is 0 Å². The number of carboxylic acids is 1. The highest BCUT2D eigenvalue weighted by molar-refractivity contribution is 8.06. The number of ether oxygens (including phenoxy) is 2. The number of nitrogens with zero attached hydrogens (tertiary/aromatic N) is 1. The Labute approximate surface area is 207 Å². The van der Waals surface area contributed by atoms with Crippen molar-refractivity contribution in [2.45, 2.75) is 11.3 Å². The molecule has 3 aromatic rings. The number of aromatic carboxylic acids is 1. The number of benzene rings is 2. The Morgan fingerprint density at radius 1 is 0.944 bits per heavy atom. The van der Waals surface area contributed by atoms with Crippen molar-refractivity contribution in [2.24, 2.45) is 0 Å². The lowest BCUT2D eigenvalue weighted by molar-refractivity contribution is 0.0690. The van der Waals surface area contributed by atoms with Crippen LogP contribution in [0, 0.1) is 0 Å². The van der Waals surface area contributed by atoms with E-state index in [1.54, 1.807) is 30.3 Å². The van der Waals surface area contributed by atoms with Crippen molar-refractivity contribution in [1.82, 2.24) is 10.3 Å². The number of methoxy groups -OCH3 is 2. The molecular formula is C24H23N3O8S. The molecule has 0 radical (unpaired) electrons. The van der Waals surface area contributed by atoms with E-state index in [9.17, 15) is 22.8 Å². The summed E-state index contributed by atoms with van der Waals surface area (Å²) in [4.78, 5) is 38.9. The van der Waals surface area contributed by atoms with Gasteiger partial charge in [-0.05, 0) is 54.4 Å². The number of sulfone groups is 1. The van der Waals surface area contributed by atoms with Gasteiger partial charge in [0, 0.05) is 12.1 Å². The molecule has 0 spiro atoms. The Bertz CT molecular complexity index is 1370. The topological polar surface area (TPSA) is 161 Å². The summed E-state index contributed by atoms with van der Waals surface area (Å²) in [5, 5.41) is 12.5. The zero-order valence-corrected chi connectivity index (χ0v) is 20.2. The van der Waals surface area contributed by atoms with E-state index in [0.29, 0.717) is 30.0 Å². The highest BCUT2D eigenvalue weighted by atomic mass is 32.2. The molecule has 0 saturated heterocycles. The minimum Gasteiger partial charge on any atom is -0.493 e. The highest BCUT2D eigenvalue weighted by Crippen LogP contribution is 2.27. The summed E-state index contributed by atoms with van der Waals surface area (Å²) >= 11 is 0. The summed E-state index contributed by atoms with van der Waals surface area (Å²) in [5.41, 5.74) is 0.935. The third kappa shape index (κ3) is 6.16. The average molecular weight is 514 g/mol. The molecular weight excluding hydrogens is 490 g/mol. The molecule has 0 saturated carbocycles. The fourth-order valence-corrected chi connectivity index (χ4v) is 4.08. The highest BCUT2D eigenvalue weighted by Gasteiger charge is 2.25. The minimum absolute atomic E-state index is 0.0374. The van der Waals surface area contributed by atoms with Crippen LogP contribution in [0.3, 0.4) is 0 Å². The molecule has 2 aromatic carbocycles. The third-order valence-corrected chi connectivity index (χ3v) is 6.53. The molecule has 188 valence electrons. The molecule has 2 amide bonds. The van der Waals surface area contributed by atoms with E-state index in [-0.39, 0.29) is 22.2 Å². The van der Waals surface area contributed by atoms with Gasteiger partial charge in [-0.15, -0.1) is 0 Å². The summed E-state index contributed by atoms with van der Waals surface area (Å²) in [6.45, 7) is 0.291. The fourth-order valence-electron chi connectivity index (χ4n) is 3.12. The van der Waals surface area contributed by atoms with Gasteiger partial charge >= 0.3 is 11.2 Å². The van der Waals surface area contributed by atoms with Crippen molar-refractivity contribution in [3.05, 3.63) is 77.6 Å². The van der Waals surface area contributed by atoms with Crippen LogP contribution in [0.5, 0.6) is 11.5 Å². The van der Waals surface area contributed by atoms with Crippen molar-refractivity contribution in [3.8, 4) is 11.5 Å². The maximum absolute atomic E-state index is 12.6. The van der Waals surface area contributed by atoms with E-state index in [0.717, 1.165) is 17.8 Å². The zero-order chi connectivity index (χ0) is 26.3. The Kier molecular flexibility index (Phi) is 8.22. The molecule has 0 atom stereocenters. The van der Waals surface area contributed by atoms with Gasteiger partial charge in [-0.3, -0.25) is 9.59 Å². The number of aromatic nitrogens is 1. The minimum atomic E-state index is -4.35. The van der Waals surface area contributed by atoms with Gasteiger partial charge in [-0.1, -0.05) is 12.1 Å². The molecule has 0 bridgehead atoms. The Balaban J connectivity index is 1.57. The van der Waals surface area contributed by atoms with Crippen LogP contribution in [0.2, 0.25) is 0 Å². The van der Waals surface area contributed by atoms with E-state index in [4.69, 9.17) is 14.6 Å². The van der Waals surface area contributed by atoms with E-state index < -0.39 is 21.0 Å². The summed E-state index contributed by atoms with van der Waals surface area (Å²) < 4.78 is 35.5. The van der Waals surface area contributed by atoms with Gasteiger partial charge in [-0.25, -0.2) is 18.2 Å². The van der Waals surface area contributed by atoms with Crippen LogP contribution in [0.15, 0.2) is 65.7 Å². The molecule has 3 rings (SSSR count). The van der Waals surface area contributed by atoms with E-state index in [1.807, 2.05) is 0 Å². The van der Waals surface area contributed by atoms with Gasteiger partial charge in [0.25, 0.3) is 15.7 Å². The summed E-state index contributed by atoms with van der Waals surface area (Å²) in [6.07, 6.45) is 1.48. The number of carboxylic acid groups (broad SMARTS) is 1. The van der Waals surface area contributed by atoms with Gasteiger partial charge in [0.15, 0.2) is 11.5 Å². The molecule has 0 aliphatic rings. The van der Waals surface area contributed by atoms with E-state index in [1.165, 1.54) is 32.4 Å². The number of rotatable bonds is 9. The average Bonchev–Trinajstić information content (AvgIpc) is 2.88. The Morgan fingerprint density at radius 2 is 1.64 bits per heavy atom. The maximum atomic E-state index is 12.6. The molecule has 12 heteroatoms. The molecule has 0 aliphatic carbocycles. The standard InChI is InChI=1S/C24H23N3O8S/c1-34-20-10-5-16(13-21(20)35-2)22(28)25-12-11-15-3-7-18(8-4-15)36(32,33)24(31)27-17-6-9-19(23(29)30)26-14-17/h3-10,13-14H,11-12H2,1-2H3,(H,25,28)(H,27,31)(H,29,30). The predicted molar refractivity (Wildman–Crippen MR) is 129 cm³/mol. The first-order valence-electron chi connectivity index (χ1n) is 10.5. The molecule has 3 N–H and O–H groups in total. The number of amides is 2. The largest absolute Gasteiger partial charge is 0.493 e. The Hall–Kier alpha value is -4.45. The third-order valence-electron chi connectivity index (χ3n) is 5.05. The number of pyridine rings is 1. The second-order valence-electron chi connectivity index (χ2n) is 7.37. The normalized spacial score (nSPS) is 10.8. The van der Waals surface area contributed by atoms with Crippen LogP contribution in [-0.4, -0.2) is 56.4 Å². The van der Waals surface area contributed by atoms with E-state index >= 15 is 0 Å². The monoisotopic (exact) mass is 513 g/mol. The molecule has 0 unspecified atom stereocenters. The van der Waals surface area contributed by atoms with Crippen LogP contribution in [-0.2, 0) is 16.3 Å². The molecule has 36 heavy (non-hydrogen) atoms. The lowest BCUT2D eigenvalue weighted by atomic mass is 10.1. The van der Waals surface area contributed by atoms with Crippen molar-refractivity contribution < 1.29 is 37.4 Å². The molecule has 0 fully saturated rings. The van der Waals surface area contributed by atoms with Crippen LogP contribution < -0.4 is 20.1 Å². The number of carbonyl (C=O) groups is 3. The van der Waals surface area contributed by atoms with Gasteiger partial charge in [-0.2, -0.15) is 0 Å². The second-order valence-corrected chi connectivity index (χ2v) is 9.22. The number of nitrogens with one attached hydrogen (secondary N) is 2. The summed E-state index contributed by atoms with van der Waals surface area (Å²) in [7, 11) is -1.37. The van der Waals surface area contributed by atoms with Gasteiger partial charge in [0.05, 0.1) is 31.0 Å². The Morgan fingerprint density at radius 3 is 2.22 bits per heavy atom. The lowest BCUT2D eigenvalue weighted by Crippen LogP contribution is -2.25. The summed E-state index contributed by atoms with van der Waals surface area (Å²) in [6, 6.07) is 12.9. The maximum Gasteiger partial charge on any atom is 0.354 e. The fraction of sp³-hybridized carbons (Fsp3) is 0.167. The number of hydrogen-bond acceptors (Lipinski definition) is 8. The van der Waals surface area contributed by atoms with Crippen molar-refractivity contribution >= 4 is 32.6 Å². The predicted octanol–water partition coefficient (Wildman–Crippen LogP) is 2.78. The van der Waals surface area contributed by atoms with Crippen molar-refractivity contribution in [3.63, 3.8) is 0 Å². The van der Waals surface area contributed by atoms with Gasteiger partial charge in [0.1, 0.15) is 5.69 Å². The molecule has 1 aromatic heterocycles. The number of hydrogen-bond donors (Lipinski definition) is 3. The molecule has 1 heterocycles. The van der Waals surface area contributed by atoms with Gasteiger partial charge < -0.3 is 25.2 Å².